The van der Waals surface area contributed by atoms with Crippen molar-refractivity contribution in [1.29, 1.82) is 5.26 Å². The summed E-state index contributed by atoms with van der Waals surface area (Å²) in [5, 5.41) is 13.8. The Morgan fingerprint density at radius 2 is 2.19 bits per heavy atom. The van der Waals surface area contributed by atoms with Crippen LogP contribution in [0.2, 0.25) is 10.0 Å². The summed E-state index contributed by atoms with van der Waals surface area (Å²) in [6.07, 6.45) is 3.37. The van der Waals surface area contributed by atoms with Gasteiger partial charge in [-0.05, 0) is 55.0 Å². The van der Waals surface area contributed by atoms with Crippen molar-refractivity contribution in [2.75, 3.05) is 11.1 Å². The highest BCUT2D eigenvalue weighted by Gasteiger charge is 2.19. The van der Waals surface area contributed by atoms with Gasteiger partial charge in [0, 0.05) is 23.6 Å². The minimum atomic E-state index is -0.119. The molecule has 0 bridgehead atoms. The average Bonchev–Trinajstić information content (AvgIpc) is 2.64. The third kappa shape index (κ3) is 5.16. The normalized spacial score (nSPS) is 15.7. The molecule has 1 aliphatic rings. The van der Waals surface area contributed by atoms with Crippen LogP contribution in [-0.2, 0) is 17.6 Å². The lowest BCUT2D eigenvalue weighted by Crippen LogP contribution is -2.14. The van der Waals surface area contributed by atoms with Crippen molar-refractivity contribution < 1.29 is 4.79 Å². The molecule has 1 aromatic heterocycles. The van der Waals surface area contributed by atoms with E-state index in [0.717, 1.165) is 25.0 Å². The number of halogens is 2. The molecule has 0 aliphatic heterocycles. The van der Waals surface area contributed by atoms with Crippen molar-refractivity contribution in [2.24, 2.45) is 5.92 Å². The summed E-state index contributed by atoms with van der Waals surface area (Å²) in [7, 11) is 0. The number of carbonyl (C=O) groups excluding carboxylic acids is 1. The molecule has 1 heterocycles. The lowest BCUT2D eigenvalue weighted by atomic mass is 9.87. The molecule has 27 heavy (non-hydrogen) atoms. The zero-order chi connectivity index (χ0) is 19.4. The first-order valence-electron chi connectivity index (χ1n) is 8.77. The Labute approximate surface area is 173 Å². The molecule has 0 fully saturated rings. The van der Waals surface area contributed by atoms with Gasteiger partial charge < -0.3 is 5.32 Å². The zero-order valence-corrected chi connectivity index (χ0v) is 17.2. The number of anilines is 1. The molecule has 1 unspecified atom stereocenters. The van der Waals surface area contributed by atoms with Crippen LogP contribution in [0.4, 0.5) is 5.69 Å². The molecule has 3 rings (SSSR count). The first kappa shape index (κ1) is 20.0. The lowest BCUT2D eigenvalue weighted by Gasteiger charge is -2.21. The number of carbonyl (C=O) groups is 1. The van der Waals surface area contributed by atoms with Gasteiger partial charge in [0.1, 0.15) is 11.1 Å². The third-order valence-corrected chi connectivity index (χ3v) is 6.22. The van der Waals surface area contributed by atoms with E-state index in [1.807, 2.05) is 6.07 Å². The fraction of sp³-hybridized carbons (Fsp3) is 0.350. The number of nitrogens with one attached hydrogen (secondary N) is 1. The Hall–Kier alpha value is -1.74. The second-order valence-electron chi connectivity index (χ2n) is 6.68. The molecule has 0 saturated carbocycles. The van der Waals surface area contributed by atoms with Gasteiger partial charge in [0.2, 0.25) is 5.91 Å². The molecule has 1 N–H and O–H groups in total. The number of hydrogen-bond acceptors (Lipinski definition) is 4. The highest BCUT2D eigenvalue weighted by Crippen LogP contribution is 2.30. The summed E-state index contributed by atoms with van der Waals surface area (Å²) in [5.74, 6) is 1.06. The highest BCUT2D eigenvalue weighted by molar-refractivity contribution is 7.99. The van der Waals surface area contributed by atoms with Crippen molar-refractivity contribution >= 4 is 46.6 Å². The summed E-state index contributed by atoms with van der Waals surface area (Å²) in [4.78, 5) is 16.8. The van der Waals surface area contributed by atoms with Crippen LogP contribution in [-0.4, -0.2) is 16.6 Å². The maximum Gasteiger partial charge on any atom is 0.225 e. The van der Waals surface area contributed by atoms with Crippen LogP contribution in [0.5, 0.6) is 0 Å². The van der Waals surface area contributed by atoms with Gasteiger partial charge in [0.05, 0.1) is 15.6 Å². The van der Waals surface area contributed by atoms with Gasteiger partial charge in [-0.25, -0.2) is 4.98 Å². The van der Waals surface area contributed by atoms with Crippen LogP contribution in [0.25, 0.3) is 0 Å². The number of pyridine rings is 1. The Kier molecular flexibility index (Phi) is 6.64. The summed E-state index contributed by atoms with van der Waals surface area (Å²) in [5.41, 5.74) is 3.48. The topological polar surface area (TPSA) is 65.8 Å². The van der Waals surface area contributed by atoms with Crippen LogP contribution in [0.3, 0.4) is 0 Å². The van der Waals surface area contributed by atoms with Gasteiger partial charge in [-0.2, -0.15) is 5.26 Å². The Morgan fingerprint density at radius 1 is 1.37 bits per heavy atom. The van der Waals surface area contributed by atoms with Crippen LogP contribution in [0.15, 0.2) is 29.3 Å². The van der Waals surface area contributed by atoms with Crippen molar-refractivity contribution in [3.05, 3.63) is 51.1 Å². The number of nitrogens with zero attached hydrogens (tertiary/aromatic N) is 2. The largest absolute Gasteiger partial charge is 0.326 e. The van der Waals surface area contributed by atoms with Crippen molar-refractivity contribution in [3.8, 4) is 6.07 Å². The van der Waals surface area contributed by atoms with Gasteiger partial charge in [-0.15, -0.1) is 11.8 Å². The first-order valence-corrected chi connectivity index (χ1v) is 10.5. The Bertz CT molecular complexity index is 911. The van der Waals surface area contributed by atoms with Crippen molar-refractivity contribution in [2.45, 2.75) is 37.6 Å². The average molecular weight is 420 g/mol. The van der Waals surface area contributed by atoms with E-state index >= 15 is 0 Å². The predicted octanol–water partition coefficient (Wildman–Crippen LogP) is 5.51. The highest BCUT2D eigenvalue weighted by atomic mass is 35.5. The number of thioether (sulfide) groups is 1. The van der Waals surface area contributed by atoms with Crippen LogP contribution < -0.4 is 5.32 Å². The molecule has 1 aromatic carbocycles. The molecule has 1 amide bonds. The molecule has 2 aromatic rings. The molecule has 4 nitrogen and oxygen atoms in total. The van der Waals surface area contributed by atoms with E-state index in [-0.39, 0.29) is 5.91 Å². The quantitative estimate of drug-likeness (QED) is 0.648. The molecule has 0 radical (unpaired) electrons. The molecular weight excluding hydrogens is 401 g/mol. The fourth-order valence-electron chi connectivity index (χ4n) is 3.06. The number of aryl methyl sites for hydroxylation is 1. The molecule has 140 valence electrons. The van der Waals surface area contributed by atoms with Crippen LogP contribution in [0, 0.1) is 17.2 Å². The van der Waals surface area contributed by atoms with E-state index in [9.17, 15) is 10.1 Å². The van der Waals surface area contributed by atoms with E-state index in [4.69, 9.17) is 28.2 Å². The Morgan fingerprint density at radius 3 is 2.93 bits per heavy atom. The monoisotopic (exact) mass is 419 g/mol. The summed E-state index contributed by atoms with van der Waals surface area (Å²) in [6, 6.07) is 9.18. The smallest absolute Gasteiger partial charge is 0.225 e. The van der Waals surface area contributed by atoms with Crippen LogP contribution in [0.1, 0.15) is 36.6 Å². The maximum atomic E-state index is 12.1. The molecule has 0 saturated heterocycles. The summed E-state index contributed by atoms with van der Waals surface area (Å²) in [6.45, 7) is 2.23. The van der Waals surface area contributed by atoms with Crippen molar-refractivity contribution in [3.63, 3.8) is 0 Å². The van der Waals surface area contributed by atoms with E-state index in [1.165, 1.54) is 17.3 Å². The number of aromatic nitrogens is 1. The molecular formula is C20H19Cl2N3OS. The van der Waals surface area contributed by atoms with E-state index < -0.39 is 0 Å². The van der Waals surface area contributed by atoms with Crippen LogP contribution >= 0.6 is 35.0 Å². The summed E-state index contributed by atoms with van der Waals surface area (Å²) < 4.78 is 0. The molecule has 1 aliphatic carbocycles. The van der Waals surface area contributed by atoms with E-state index in [0.29, 0.717) is 44.4 Å². The molecule has 0 spiro atoms. The number of amides is 1. The number of nitriles is 1. The van der Waals surface area contributed by atoms with E-state index in [1.54, 1.807) is 18.2 Å². The first-order chi connectivity index (χ1) is 13.0. The minimum absolute atomic E-state index is 0.119. The number of fused-ring (bicyclic) bond motifs is 1. The number of rotatable bonds is 5. The Balaban J connectivity index is 1.59. The van der Waals surface area contributed by atoms with Gasteiger partial charge in [0.15, 0.2) is 0 Å². The standard InChI is InChI=1S/C20H19Cl2N3OS/c1-12-2-5-18-13(8-12)9-14(11-23)20(25-18)27-7-6-19(26)24-15-3-4-16(21)17(22)10-15/h3-4,9-10,12H,2,5-8H2,1H3,(H,24,26). The molecule has 1 atom stereocenters. The lowest BCUT2D eigenvalue weighted by molar-refractivity contribution is -0.115. The minimum Gasteiger partial charge on any atom is -0.326 e. The third-order valence-electron chi connectivity index (χ3n) is 4.49. The van der Waals surface area contributed by atoms with Gasteiger partial charge in [-0.1, -0.05) is 30.1 Å². The zero-order valence-electron chi connectivity index (χ0n) is 14.9. The van der Waals surface area contributed by atoms with Crippen molar-refractivity contribution in [1.82, 2.24) is 4.98 Å². The second kappa shape index (κ2) is 8.97. The van der Waals surface area contributed by atoms with Gasteiger partial charge in [-0.3, -0.25) is 4.79 Å². The predicted molar refractivity (Wildman–Crippen MR) is 111 cm³/mol. The second-order valence-corrected chi connectivity index (χ2v) is 8.58. The number of hydrogen-bond donors (Lipinski definition) is 1. The summed E-state index contributed by atoms with van der Waals surface area (Å²) >= 11 is 13.3. The number of benzene rings is 1. The van der Waals surface area contributed by atoms with Gasteiger partial charge in [0.25, 0.3) is 0 Å². The maximum absolute atomic E-state index is 12.1. The fourth-order valence-corrected chi connectivity index (χ4v) is 4.27. The molecule has 7 heteroatoms. The van der Waals surface area contributed by atoms with E-state index in [2.05, 4.69) is 18.3 Å². The van der Waals surface area contributed by atoms with Gasteiger partial charge >= 0.3 is 0 Å². The SMILES string of the molecule is CC1CCc2nc(SCCC(=O)Nc3ccc(Cl)c(Cl)c3)c(C#N)cc2C1.